The Morgan fingerprint density at radius 2 is 1.08 bits per heavy atom. The van der Waals surface area contributed by atoms with Gasteiger partial charge in [0.05, 0.1) is 0 Å². The molecule has 0 aromatic heterocycles. The molecule has 0 heterocycles. The summed E-state index contributed by atoms with van der Waals surface area (Å²) in [5.41, 5.74) is 3.83. The molecule has 0 aliphatic heterocycles. The van der Waals surface area contributed by atoms with E-state index in [0.29, 0.717) is 0 Å². The predicted molar refractivity (Wildman–Crippen MR) is 128 cm³/mol. The molecule has 0 fully saturated rings. The normalized spacial score (nSPS) is 14.4. The lowest BCUT2D eigenvalue weighted by molar-refractivity contribution is 0.838. The van der Waals surface area contributed by atoms with Crippen molar-refractivity contribution in [3.63, 3.8) is 0 Å². The van der Waals surface area contributed by atoms with Crippen molar-refractivity contribution in [1.29, 1.82) is 0 Å². The Labute approximate surface area is 161 Å². The minimum Gasteiger partial charge on any atom is -0.330 e. The molecular formula is C19H39BFPSi3. The fraction of sp³-hybridized carbons (Fsp3) is 0.684. The van der Waals surface area contributed by atoms with Gasteiger partial charge in [0.25, 0.3) is 0 Å². The molecule has 25 heavy (non-hydrogen) atoms. The van der Waals surface area contributed by atoms with Crippen molar-refractivity contribution >= 4 is 44.7 Å². The molecule has 0 aliphatic rings. The molecule has 0 N–H and O–H groups in total. The average Bonchev–Trinajstić information content (AvgIpc) is 2.28. The van der Waals surface area contributed by atoms with Crippen LogP contribution >= 0.6 is 8.46 Å². The van der Waals surface area contributed by atoms with Gasteiger partial charge in [-0.25, -0.2) is 0 Å². The van der Waals surface area contributed by atoms with Crippen LogP contribution in [0.5, 0.6) is 0 Å². The van der Waals surface area contributed by atoms with Crippen LogP contribution in [0.4, 0.5) is 4.32 Å². The Balaban J connectivity index is 3.58. The number of hydrogen-bond acceptors (Lipinski definition) is 0. The van der Waals surface area contributed by atoms with Crippen molar-refractivity contribution in [2.24, 2.45) is 0 Å². The topological polar surface area (TPSA) is 0 Å². The monoisotopic (exact) mass is 412 g/mol. The van der Waals surface area contributed by atoms with Crippen LogP contribution in [-0.4, -0.2) is 30.9 Å². The zero-order chi connectivity index (χ0) is 20.0. The van der Waals surface area contributed by atoms with E-state index >= 15 is 4.32 Å². The Hall–Kier alpha value is 0.296. The summed E-state index contributed by atoms with van der Waals surface area (Å²) < 4.78 is 16.4. The first-order valence-corrected chi connectivity index (χ1v) is 21.0. The Kier molecular flexibility index (Phi) is 6.88. The van der Waals surface area contributed by atoms with E-state index in [4.69, 9.17) is 0 Å². The fourth-order valence-electron chi connectivity index (χ4n) is 6.16. The first kappa shape index (κ1) is 23.3. The Morgan fingerprint density at radius 1 is 0.760 bits per heavy atom. The highest BCUT2D eigenvalue weighted by atomic mass is 31.1. The van der Waals surface area contributed by atoms with Crippen LogP contribution in [-0.2, 0) is 0 Å². The lowest BCUT2D eigenvalue weighted by atomic mass is 10.1. The number of hydrogen-bond donors (Lipinski definition) is 0. The summed E-state index contributed by atoms with van der Waals surface area (Å²) in [5.74, 6) is 0. The van der Waals surface area contributed by atoms with Gasteiger partial charge in [-0.05, 0) is 41.4 Å². The molecule has 0 spiro atoms. The van der Waals surface area contributed by atoms with E-state index < -0.39 is 30.9 Å². The summed E-state index contributed by atoms with van der Waals surface area (Å²) in [7, 11) is -4.86. The van der Waals surface area contributed by atoms with Gasteiger partial charge in [0, 0.05) is 24.2 Å². The molecular weight excluding hydrogens is 373 g/mol. The largest absolute Gasteiger partial charge is 0.374 e. The van der Waals surface area contributed by atoms with Crippen molar-refractivity contribution < 1.29 is 4.32 Å². The van der Waals surface area contributed by atoms with Gasteiger partial charge in [-0.15, -0.1) is 0 Å². The van der Waals surface area contributed by atoms with Crippen LogP contribution in [0, 0.1) is 20.8 Å². The lowest BCUT2D eigenvalue weighted by Crippen LogP contribution is -2.70. The molecule has 6 heteroatoms. The van der Waals surface area contributed by atoms with Gasteiger partial charge >= 0.3 is 6.71 Å². The second-order valence-corrected chi connectivity index (χ2v) is 29.5. The summed E-state index contributed by atoms with van der Waals surface area (Å²) in [6.45, 7) is 27.6. The van der Waals surface area contributed by atoms with Crippen LogP contribution in [0.25, 0.3) is 0 Å². The van der Waals surface area contributed by atoms with Crippen molar-refractivity contribution in [3.8, 4) is 0 Å². The maximum atomic E-state index is 16.5. The molecule has 0 saturated heterocycles. The second-order valence-electron chi connectivity index (χ2n) is 10.8. The van der Waals surface area contributed by atoms with Gasteiger partial charge in [-0.3, -0.25) is 0 Å². The molecule has 0 aliphatic carbocycles. The number of aryl methyl sites for hydroxylation is 3. The molecule has 1 aromatic rings. The van der Waals surface area contributed by atoms with Crippen molar-refractivity contribution in [3.05, 3.63) is 28.8 Å². The van der Waals surface area contributed by atoms with Crippen molar-refractivity contribution in [2.45, 2.75) is 83.9 Å². The Bertz CT molecular complexity index is 568. The second kappa shape index (κ2) is 7.37. The molecule has 0 saturated carbocycles. The van der Waals surface area contributed by atoms with Crippen LogP contribution in [0.15, 0.2) is 12.1 Å². The van der Waals surface area contributed by atoms with Crippen LogP contribution in [0.3, 0.4) is 0 Å². The van der Waals surface area contributed by atoms with Gasteiger partial charge in [0.2, 0.25) is 0 Å². The maximum absolute atomic E-state index is 16.5. The quantitative estimate of drug-likeness (QED) is 0.358. The zero-order valence-electron chi connectivity index (χ0n) is 18.6. The molecule has 0 amide bonds. The van der Waals surface area contributed by atoms with E-state index in [2.05, 4.69) is 91.8 Å². The smallest absolute Gasteiger partial charge is 0.330 e. The number of benzene rings is 1. The summed E-state index contributed by atoms with van der Waals surface area (Å²) in [6, 6.07) is 4.45. The molecule has 0 nitrogen and oxygen atoms in total. The predicted octanol–water partition coefficient (Wildman–Crippen LogP) is 6.75. The third-order valence-corrected chi connectivity index (χ3v) is 29.9. The van der Waals surface area contributed by atoms with Crippen molar-refractivity contribution in [2.75, 3.05) is 0 Å². The van der Waals surface area contributed by atoms with Crippen LogP contribution in [0.1, 0.15) is 16.7 Å². The van der Waals surface area contributed by atoms with Gasteiger partial charge in [-0.1, -0.05) is 85.1 Å². The first-order chi connectivity index (χ1) is 11.0. The summed E-state index contributed by atoms with van der Waals surface area (Å²) in [4.78, 5) is 0. The van der Waals surface area contributed by atoms with Gasteiger partial charge in [-0.2, -0.15) is 0 Å². The highest BCUT2D eigenvalue weighted by Crippen LogP contribution is 2.59. The van der Waals surface area contributed by atoms with E-state index in [1.165, 1.54) is 22.0 Å². The molecule has 0 radical (unpaired) electrons. The van der Waals surface area contributed by atoms with E-state index in [-0.39, 0.29) is 12.6 Å². The summed E-state index contributed by atoms with van der Waals surface area (Å²) in [5, 5.41) is 1.28. The molecule has 1 rings (SSSR count). The minimum atomic E-state index is -1.71. The van der Waals surface area contributed by atoms with E-state index in [1.54, 1.807) is 0 Å². The minimum absolute atomic E-state index is 0.0325. The fourth-order valence-corrected chi connectivity index (χ4v) is 41.1. The SMILES string of the molecule is Cc1cc(C)c(PB(F)C([Si](C)(C)C)([Si](C)(C)C)[Si](C)(C)C)c(C)c1. The van der Waals surface area contributed by atoms with E-state index in [9.17, 15) is 0 Å². The van der Waals surface area contributed by atoms with Crippen molar-refractivity contribution in [1.82, 2.24) is 0 Å². The number of rotatable bonds is 6. The lowest BCUT2D eigenvalue weighted by Gasteiger charge is -2.59. The van der Waals surface area contributed by atoms with Gasteiger partial charge < -0.3 is 4.32 Å². The molecule has 1 aromatic carbocycles. The van der Waals surface area contributed by atoms with Crippen LogP contribution < -0.4 is 5.30 Å². The highest BCUT2D eigenvalue weighted by Gasteiger charge is 2.66. The van der Waals surface area contributed by atoms with E-state index in [0.717, 1.165) is 0 Å². The standard InChI is InChI=1S/C19H39BFPSi3/c1-15-13-16(2)18(17(3)14-15)22-20(21)19(23(4,5)6,24(7,8)9)25(10,11)12/h13-14,22H,1-12H3. The molecule has 1 atom stereocenters. The third kappa shape index (κ3) is 4.25. The first-order valence-electron chi connectivity index (χ1n) is 9.45. The van der Waals surface area contributed by atoms with Gasteiger partial charge in [0.15, 0.2) is 0 Å². The molecule has 1 unspecified atom stereocenters. The molecule has 142 valence electrons. The Morgan fingerprint density at radius 3 is 1.36 bits per heavy atom. The van der Waals surface area contributed by atoms with E-state index in [1.807, 2.05) is 0 Å². The number of halogens is 1. The third-order valence-electron chi connectivity index (χ3n) is 5.88. The maximum Gasteiger partial charge on any atom is 0.374 e. The molecule has 0 bridgehead atoms. The highest BCUT2D eigenvalue weighted by molar-refractivity contribution is 7.83. The van der Waals surface area contributed by atoms with Gasteiger partial charge in [0.1, 0.15) is 0 Å². The zero-order valence-corrected chi connectivity index (χ0v) is 22.6. The summed E-state index contributed by atoms with van der Waals surface area (Å²) >= 11 is 0. The average molecular weight is 413 g/mol. The summed E-state index contributed by atoms with van der Waals surface area (Å²) in [6.07, 6.45) is 0. The van der Waals surface area contributed by atoms with Crippen LogP contribution in [0.2, 0.25) is 63.1 Å².